The van der Waals surface area contributed by atoms with Crippen LogP contribution in [0.15, 0.2) is 66.0 Å². The van der Waals surface area contributed by atoms with Crippen molar-refractivity contribution in [3.8, 4) is 11.5 Å². The molecule has 0 aliphatic heterocycles. The van der Waals surface area contributed by atoms with Crippen LogP contribution in [0.3, 0.4) is 0 Å². The molecule has 32 heavy (non-hydrogen) atoms. The Morgan fingerprint density at radius 2 is 1.75 bits per heavy atom. The third-order valence-electron chi connectivity index (χ3n) is 4.41. The van der Waals surface area contributed by atoms with Gasteiger partial charge in [-0.05, 0) is 42.6 Å². The van der Waals surface area contributed by atoms with Gasteiger partial charge in [-0.15, -0.1) is 11.3 Å². The lowest BCUT2D eigenvalue weighted by molar-refractivity contribution is -0.147. The molecule has 1 unspecified atom stereocenters. The number of carbonyl (C=O) groups is 3. The van der Waals surface area contributed by atoms with Gasteiger partial charge in [-0.2, -0.15) is 0 Å². The molecule has 0 saturated heterocycles. The molecular formula is C24H24N2O5S. The van der Waals surface area contributed by atoms with Crippen molar-refractivity contribution in [2.24, 2.45) is 0 Å². The van der Waals surface area contributed by atoms with Crippen LogP contribution in [0.1, 0.15) is 29.8 Å². The number of ether oxygens (including phenoxy) is 2. The van der Waals surface area contributed by atoms with Crippen LogP contribution in [0.2, 0.25) is 0 Å². The molecule has 0 radical (unpaired) electrons. The number of carbonyl (C=O) groups excluding carboxylic acids is 3. The first kappa shape index (κ1) is 23.0. The van der Waals surface area contributed by atoms with E-state index < -0.39 is 24.5 Å². The van der Waals surface area contributed by atoms with Gasteiger partial charge in [0.1, 0.15) is 5.75 Å². The molecule has 7 nitrogen and oxygen atoms in total. The molecule has 1 aromatic heterocycles. The molecule has 1 atom stereocenters. The Labute approximate surface area is 190 Å². The Bertz CT molecular complexity index is 1060. The van der Waals surface area contributed by atoms with Crippen LogP contribution in [0.5, 0.6) is 11.5 Å². The predicted molar refractivity (Wildman–Crippen MR) is 123 cm³/mol. The van der Waals surface area contributed by atoms with Crippen LogP contribution >= 0.6 is 11.3 Å². The van der Waals surface area contributed by atoms with Crippen molar-refractivity contribution < 1.29 is 23.9 Å². The number of esters is 1. The zero-order valence-corrected chi connectivity index (χ0v) is 18.6. The molecule has 2 aromatic carbocycles. The lowest BCUT2D eigenvalue weighted by Crippen LogP contribution is -2.29. The predicted octanol–water partition coefficient (Wildman–Crippen LogP) is 4.60. The highest BCUT2D eigenvalue weighted by Gasteiger charge is 2.20. The largest absolute Gasteiger partial charge is 0.455 e. The molecule has 8 heteroatoms. The number of thiophene rings is 1. The maximum Gasteiger partial charge on any atom is 0.308 e. The zero-order chi connectivity index (χ0) is 22.9. The summed E-state index contributed by atoms with van der Waals surface area (Å²) in [4.78, 5) is 36.9. The van der Waals surface area contributed by atoms with Gasteiger partial charge in [0.25, 0.3) is 5.91 Å². The van der Waals surface area contributed by atoms with E-state index in [0.717, 1.165) is 10.4 Å². The van der Waals surface area contributed by atoms with E-state index in [2.05, 4.69) is 10.6 Å². The van der Waals surface area contributed by atoms with Gasteiger partial charge in [0.05, 0.1) is 18.2 Å². The van der Waals surface area contributed by atoms with Gasteiger partial charge in [-0.1, -0.05) is 35.9 Å². The average Bonchev–Trinajstić information content (AvgIpc) is 3.29. The summed E-state index contributed by atoms with van der Waals surface area (Å²) in [6, 6.07) is 17.7. The third-order valence-corrected chi connectivity index (χ3v) is 5.40. The monoisotopic (exact) mass is 452 g/mol. The number of para-hydroxylation sites is 2. The number of hydrogen-bond acceptors (Lipinski definition) is 6. The summed E-state index contributed by atoms with van der Waals surface area (Å²) in [6.45, 7) is 2.92. The summed E-state index contributed by atoms with van der Waals surface area (Å²) in [5.41, 5.74) is 1.57. The lowest BCUT2D eigenvalue weighted by Gasteiger charge is -2.16. The second-order valence-corrected chi connectivity index (χ2v) is 8.07. The van der Waals surface area contributed by atoms with Gasteiger partial charge in [0, 0.05) is 11.8 Å². The minimum Gasteiger partial charge on any atom is -0.455 e. The molecule has 0 bridgehead atoms. The molecule has 0 fully saturated rings. The molecule has 3 rings (SSSR count). The van der Waals surface area contributed by atoms with Gasteiger partial charge >= 0.3 is 5.97 Å². The molecule has 0 aliphatic carbocycles. The molecule has 0 saturated carbocycles. The Balaban J connectivity index is 1.55. The van der Waals surface area contributed by atoms with Gasteiger partial charge in [0.2, 0.25) is 5.91 Å². The van der Waals surface area contributed by atoms with Crippen LogP contribution in [0, 0.1) is 6.92 Å². The van der Waals surface area contributed by atoms with Crippen LogP contribution in [-0.2, 0) is 19.1 Å². The average molecular weight is 453 g/mol. The molecule has 2 amide bonds. The Morgan fingerprint density at radius 1 is 1.00 bits per heavy atom. The highest BCUT2D eigenvalue weighted by molar-refractivity contribution is 7.10. The van der Waals surface area contributed by atoms with E-state index in [4.69, 9.17) is 9.47 Å². The Morgan fingerprint density at radius 3 is 2.44 bits per heavy atom. The zero-order valence-electron chi connectivity index (χ0n) is 17.8. The summed E-state index contributed by atoms with van der Waals surface area (Å²) in [7, 11) is 0. The topological polar surface area (TPSA) is 93.7 Å². The maximum absolute atomic E-state index is 12.3. The number of rotatable bonds is 9. The van der Waals surface area contributed by atoms with Gasteiger partial charge in [-0.3, -0.25) is 14.4 Å². The first-order chi connectivity index (χ1) is 15.4. The van der Waals surface area contributed by atoms with Crippen molar-refractivity contribution in [3.05, 3.63) is 76.5 Å². The standard InChI is InChI=1S/C24H24N2O5S/c1-16-9-11-18(12-10-16)31-21-7-4-3-6-19(21)26-23(28)15-30-24(29)14-20(25-17(2)27)22-8-5-13-32-22/h3-13,20H,14-15H2,1-2H3,(H,25,27)(H,26,28). The quantitative estimate of drug-likeness (QED) is 0.463. The van der Waals surface area contributed by atoms with Crippen molar-refractivity contribution in [3.63, 3.8) is 0 Å². The van der Waals surface area contributed by atoms with E-state index in [1.54, 1.807) is 24.3 Å². The molecule has 1 heterocycles. The van der Waals surface area contributed by atoms with Crippen molar-refractivity contribution in [1.29, 1.82) is 0 Å². The van der Waals surface area contributed by atoms with E-state index in [1.165, 1.54) is 18.3 Å². The fraction of sp³-hybridized carbons (Fsp3) is 0.208. The van der Waals surface area contributed by atoms with Gasteiger partial charge < -0.3 is 20.1 Å². The normalized spacial score (nSPS) is 11.3. The molecular weight excluding hydrogens is 428 g/mol. The highest BCUT2D eigenvalue weighted by atomic mass is 32.1. The van der Waals surface area contributed by atoms with Gasteiger partial charge in [0.15, 0.2) is 12.4 Å². The van der Waals surface area contributed by atoms with Crippen molar-refractivity contribution in [2.45, 2.75) is 26.3 Å². The number of amides is 2. The van der Waals surface area contributed by atoms with Crippen molar-refractivity contribution in [1.82, 2.24) is 5.32 Å². The summed E-state index contributed by atoms with van der Waals surface area (Å²) in [6.07, 6.45) is -0.0690. The number of benzene rings is 2. The molecule has 2 N–H and O–H groups in total. The number of hydrogen-bond donors (Lipinski definition) is 2. The number of anilines is 1. The summed E-state index contributed by atoms with van der Waals surface area (Å²) in [5.74, 6) is -0.220. The molecule has 0 spiro atoms. The van der Waals surface area contributed by atoms with Crippen LogP contribution in [0.25, 0.3) is 0 Å². The SMILES string of the molecule is CC(=O)NC(CC(=O)OCC(=O)Nc1ccccc1Oc1ccc(C)cc1)c1cccs1. The minimum absolute atomic E-state index is 0.0690. The Kier molecular flexibility index (Phi) is 7.99. The first-order valence-electron chi connectivity index (χ1n) is 10.0. The van der Waals surface area contributed by atoms with Gasteiger partial charge in [-0.25, -0.2) is 0 Å². The van der Waals surface area contributed by atoms with E-state index in [9.17, 15) is 14.4 Å². The summed E-state index contributed by atoms with van der Waals surface area (Å²) < 4.78 is 11.0. The maximum atomic E-state index is 12.3. The minimum atomic E-state index is -0.587. The van der Waals surface area contributed by atoms with Crippen molar-refractivity contribution in [2.75, 3.05) is 11.9 Å². The van der Waals surface area contributed by atoms with E-state index >= 15 is 0 Å². The third kappa shape index (κ3) is 6.95. The first-order valence-corrected chi connectivity index (χ1v) is 10.9. The van der Waals surface area contributed by atoms with Crippen LogP contribution in [-0.4, -0.2) is 24.4 Å². The van der Waals surface area contributed by atoms with E-state index in [-0.39, 0.29) is 12.3 Å². The molecule has 0 aliphatic rings. The van der Waals surface area contributed by atoms with Crippen LogP contribution < -0.4 is 15.4 Å². The molecule has 166 valence electrons. The lowest BCUT2D eigenvalue weighted by atomic mass is 10.1. The number of aryl methyl sites for hydroxylation is 1. The second kappa shape index (κ2) is 11.1. The highest BCUT2D eigenvalue weighted by Crippen LogP contribution is 2.29. The van der Waals surface area contributed by atoms with E-state index in [1.807, 2.05) is 48.7 Å². The number of nitrogens with one attached hydrogen (secondary N) is 2. The fourth-order valence-corrected chi connectivity index (χ4v) is 3.69. The smallest absolute Gasteiger partial charge is 0.308 e. The van der Waals surface area contributed by atoms with E-state index in [0.29, 0.717) is 17.2 Å². The van der Waals surface area contributed by atoms with Crippen molar-refractivity contribution >= 4 is 34.8 Å². The van der Waals surface area contributed by atoms with Crippen LogP contribution in [0.4, 0.5) is 5.69 Å². The Hall–Kier alpha value is -3.65. The second-order valence-electron chi connectivity index (χ2n) is 7.09. The fourth-order valence-electron chi connectivity index (χ4n) is 2.91. The summed E-state index contributed by atoms with van der Waals surface area (Å²) in [5, 5.41) is 7.29. The summed E-state index contributed by atoms with van der Waals surface area (Å²) >= 11 is 1.43. The molecule has 3 aromatic rings.